The van der Waals surface area contributed by atoms with Crippen LogP contribution in [0, 0.1) is 17.2 Å². The maximum atomic E-state index is 10.5. The van der Waals surface area contributed by atoms with Crippen LogP contribution in [0.25, 0.3) is 0 Å². The van der Waals surface area contributed by atoms with Gasteiger partial charge in [0.1, 0.15) is 28.6 Å². The SMILES string of the molecule is Cn1ccnc1C(O)C1CCN(c2snc(Cl)c2C#N)CC1. The third-order valence-corrected chi connectivity index (χ3v) is 5.42. The number of imidazole rings is 1. The van der Waals surface area contributed by atoms with Gasteiger partial charge < -0.3 is 14.6 Å². The maximum Gasteiger partial charge on any atom is 0.162 e. The Balaban J connectivity index is 1.68. The number of nitrogens with zero attached hydrogens (tertiary/aromatic N) is 5. The minimum absolute atomic E-state index is 0.172. The molecular formula is C14H16ClN5OS. The van der Waals surface area contributed by atoms with Gasteiger partial charge in [-0.05, 0) is 30.3 Å². The summed E-state index contributed by atoms with van der Waals surface area (Å²) in [6.07, 6.45) is 4.67. The van der Waals surface area contributed by atoms with E-state index in [-0.39, 0.29) is 11.1 Å². The van der Waals surface area contributed by atoms with E-state index >= 15 is 0 Å². The molecule has 2 aromatic rings. The molecule has 8 heteroatoms. The Kier molecular flexibility index (Phi) is 4.34. The highest BCUT2D eigenvalue weighted by atomic mass is 35.5. The molecule has 0 aliphatic carbocycles. The van der Waals surface area contributed by atoms with Crippen LogP contribution in [-0.4, -0.2) is 32.1 Å². The summed E-state index contributed by atoms with van der Waals surface area (Å²) in [7, 11) is 1.89. The van der Waals surface area contributed by atoms with Gasteiger partial charge in [-0.2, -0.15) is 9.64 Å². The van der Waals surface area contributed by atoms with Gasteiger partial charge in [-0.3, -0.25) is 0 Å². The number of hydrogen-bond donors (Lipinski definition) is 1. The fraction of sp³-hybridized carbons (Fsp3) is 0.500. The van der Waals surface area contributed by atoms with Crippen LogP contribution < -0.4 is 4.90 Å². The number of aliphatic hydroxyl groups is 1. The van der Waals surface area contributed by atoms with Crippen LogP contribution in [0.4, 0.5) is 5.00 Å². The molecule has 1 atom stereocenters. The number of hydrogen-bond acceptors (Lipinski definition) is 6. The quantitative estimate of drug-likeness (QED) is 0.930. The molecule has 1 aliphatic rings. The number of rotatable bonds is 3. The Labute approximate surface area is 137 Å². The van der Waals surface area contributed by atoms with Crippen LogP contribution in [0.3, 0.4) is 0 Å². The number of piperidine rings is 1. The zero-order valence-corrected chi connectivity index (χ0v) is 13.7. The average Bonchev–Trinajstić information content (AvgIpc) is 3.12. The summed E-state index contributed by atoms with van der Waals surface area (Å²) in [6.45, 7) is 1.55. The van der Waals surface area contributed by atoms with Gasteiger partial charge in [0.15, 0.2) is 5.15 Å². The third-order valence-electron chi connectivity index (χ3n) is 4.14. The zero-order chi connectivity index (χ0) is 15.7. The van der Waals surface area contributed by atoms with Crippen LogP contribution in [-0.2, 0) is 7.05 Å². The standard InChI is InChI=1S/C14H16ClN5OS/c1-19-7-4-17-13(19)11(21)9-2-5-20(6-3-9)14-10(8-16)12(15)18-22-14/h4,7,9,11,21H,2-3,5-6H2,1H3. The lowest BCUT2D eigenvalue weighted by atomic mass is 9.90. The topological polar surface area (TPSA) is 78.0 Å². The van der Waals surface area contributed by atoms with Crippen LogP contribution >= 0.6 is 23.1 Å². The molecule has 0 aromatic carbocycles. The van der Waals surface area contributed by atoms with Crippen LogP contribution in [0.5, 0.6) is 0 Å². The van der Waals surface area contributed by atoms with Crippen molar-refractivity contribution in [2.45, 2.75) is 18.9 Å². The summed E-state index contributed by atoms with van der Waals surface area (Å²) in [5, 5.41) is 20.8. The highest BCUT2D eigenvalue weighted by Crippen LogP contribution is 2.36. The number of anilines is 1. The fourth-order valence-electron chi connectivity index (χ4n) is 2.86. The zero-order valence-electron chi connectivity index (χ0n) is 12.1. The Morgan fingerprint density at radius 2 is 2.23 bits per heavy atom. The molecule has 1 unspecified atom stereocenters. The van der Waals surface area contributed by atoms with Gasteiger partial charge in [-0.25, -0.2) is 4.98 Å². The first-order valence-electron chi connectivity index (χ1n) is 7.07. The van der Waals surface area contributed by atoms with E-state index in [2.05, 4.69) is 20.3 Å². The molecule has 1 aliphatic heterocycles. The van der Waals surface area contributed by atoms with Crippen molar-refractivity contribution in [3.8, 4) is 6.07 Å². The smallest absolute Gasteiger partial charge is 0.162 e. The van der Waals surface area contributed by atoms with Crippen molar-refractivity contribution in [2.24, 2.45) is 13.0 Å². The first-order valence-corrected chi connectivity index (χ1v) is 8.22. The molecule has 0 bridgehead atoms. The molecular weight excluding hydrogens is 322 g/mol. The second-order valence-corrected chi connectivity index (χ2v) is 6.54. The van der Waals surface area contributed by atoms with Gasteiger partial charge in [0, 0.05) is 32.5 Å². The molecule has 0 saturated carbocycles. The van der Waals surface area contributed by atoms with Gasteiger partial charge in [-0.15, -0.1) is 0 Å². The van der Waals surface area contributed by atoms with Crippen LogP contribution in [0.2, 0.25) is 5.15 Å². The van der Waals surface area contributed by atoms with E-state index in [0.717, 1.165) is 30.9 Å². The first kappa shape index (κ1) is 15.3. The largest absolute Gasteiger partial charge is 0.385 e. The molecule has 3 heterocycles. The lowest BCUT2D eigenvalue weighted by molar-refractivity contribution is 0.0825. The molecule has 2 aromatic heterocycles. The van der Waals surface area contributed by atoms with Crippen molar-refractivity contribution in [1.82, 2.24) is 13.9 Å². The summed E-state index contributed by atoms with van der Waals surface area (Å²) in [6, 6.07) is 2.12. The molecule has 3 rings (SSSR count). The second kappa shape index (κ2) is 6.24. The van der Waals surface area contributed by atoms with Crippen molar-refractivity contribution >= 4 is 28.1 Å². The van der Waals surface area contributed by atoms with E-state index in [1.807, 2.05) is 17.8 Å². The van der Waals surface area contributed by atoms with E-state index in [1.165, 1.54) is 11.5 Å². The highest BCUT2D eigenvalue weighted by molar-refractivity contribution is 7.10. The van der Waals surface area contributed by atoms with Crippen molar-refractivity contribution in [2.75, 3.05) is 18.0 Å². The summed E-state index contributed by atoms with van der Waals surface area (Å²) in [5.74, 6) is 0.878. The van der Waals surface area contributed by atoms with E-state index in [0.29, 0.717) is 11.4 Å². The molecule has 1 fully saturated rings. The van der Waals surface area contributed by atoms with E-state index in [9.17, 15) is 5.11 Å². The normalized spacial score (nSPS) is 17.5. The number of nitriles is 1. The van der Waals surface area contributed by atoms with Gasteiger partial charge >= 0.3 is 0 Å². The Morgan fingerprint density at radius 1 is 1.50 bits per heavy atom. The average molecular weight is 338 g/mol. The monoisotopic (exact) mass is 337 g/mol. The number of aryl methyl sites for hydroxylation is 1. The van der Waals surface area contributed by atoms with E-state index in [4.69, 9.17) is 16.9 Å². The van der Waals surface area contributed by atoms with Crippen LogP contribution in [0.15, 0.2) is 12.4 Å². The van der Waals surface area contributed by atoms with E-state index < -0.39 is 6.10 Å². The number of halogens is 1. The maximum absolute atomic E-state index is 10.5. The van der Waals surface area contributed by atoms with Crippen LogP contribution in [0.1, 0.15) is 30.3 Å². The van der Waals surface area contributed by atoms with Gasteiger partial charge in [-0.1, -0.05) is 11.6 Å². The van der Waals surface area contributed by atoms with Crippen molar-refractivity contribution in [3.05, 3.63) is 28.9 Å². The molecule has 22 heavy (non-hydrogen) atoms. The molecule has 1 N–H and O–H groups in total. The minimum atomic E-state index is -0.553. The third kappa shape index (κ3) is 2.70. The van der Waals surface area contributed by atoms with Crippen molar-refractivity contribution in [1.29, 1.82) is 5.26 Å². The fourth-order valence-corrected chi connectivity index (χ4v) is 3.94. The number of aromatic nitrogens is 3. The molecule has 1 saturated heterocycles. The lowest BCUT2D eigenvalue weighted by Crippen LogP contribution is -2.36. The molecule has 6 nitrogen and oxygen atoms in total. The molecule has 0 spiro atoms. The van der Waals surface area contributed by atoms with E-state index in [1.54, 1.807) is 6.20 Å². The summed E-state index contributed by atoms with van der Waals surface area (Å²) in [4.78, 5) is 6.36. The Bertz CT molecular complexity index is 698. The van der Waals surface area contributed by atoms with Crippen molar-refractivity contribution < 1.29 is 5.11 Å². The van der Waals surface area contributed by atoms with Gasteiger partial charge in [0.25, 0.3) is 0 Å². The summed E-state index contributed by atoms with van der Waals surface area (Å²) in [5.41, 5.74) is 0.453. The summed E-state index contributed by atoms with van der Waals surface area (Å²) >= 11 is 7.19. The predicted octanol–water partition coefficient (Wildman–Crippen LogP) is 2.35. The highest BCUT2D eigenvalue weighted by Gasteiger charge is 2.30. The number of aliphatic hydroxyl groups excluding tert-OH is 1. The molecule has 0 amide bonds. The van der Waals surface area contributed by atoms with Gasteiger partial charge in [0.05, 0.1) is 0 Å². The lowest BCUT2D eigenvalue weighted by Gasteiger charge is -2.34. The first-order chi connectivity index (χ1) is 10.6. The predicted molar refractivity (Wildman–Crippen MR) is 84.9 cm³/mol. The molecule has 0 radical (unpaired) electrons. The molecule has 116 valence electrons. The Morgan fingerprint density at radius 3 is 2.82 bits per heavy atom. The van der Waals surface area contributed by atoms with Crippen molar-refractivity contribution in [3.63, 3.8) is 0 Å². The van der Waals surface area contributed by atoms with Gasteiger partial charge in [0.2, 0.25) is 0 Å². The second-order valence-electron chi connectivity index (χ2n) is 5.43. The summed E-state index contributed by atoms with van der Waals surface area (Å²) < 4.78 is 5.90. The Hall–Kier alpha value is -1.62. The minimum Gasteiger partial charge on any atom is -0.385 e.